The van der Waals surface area contributed by atoms with Crippen molar-refractivity contribution in [3.8, 4) is 0 Å². The third-order valence-corrected chi connectivity index (χ3v) is 4.23. The van der Waals surface area contributed by atoms with Gasteiger partial charge in [-0.1, -0.05) is 23.5 Å². The van der Waals surface area contributed by atoms with Crippen molar-refractivity contribution in [2.24, 2.45) is 0 Å². The predicted octanol–water partition coefficient (Wildman–Crippen LogP) is 2.14. The summed E-state index contributed by atoms with van der Waals surface area (Å²) in [7, 11) is 1.27. The third-order valence-electron chi connectivity index (χ3n) is 3.18. The Morgan fingerprint density at radius 2 is 1.81 bits per heavy atom. The van der Waals surface area contributed by atoms with Crippen molar-refractivity contribution in [1.82, 2.24) is 4.98 Å². The Morgan fingerprint density at radius 3 is 2.46 bits per heavy atom. The minimum atomic E-state index is -0.510. The van der Waals surface area contributed by atoms with E-state index in [4.69, 9.17) is 4.74 Å². The largest absolute Gasteiger partial charge is 0.465 e. The molecule has 2 rings (SSSR count). The van der Waals surface area contributed by atoms with Crippen molar-refractivity contribution in [3.05, 3.63) is 40.4 Å². The predicted molar refractivity (Wildman–Crippen MR) is 97.4 cm³/mol. The number of esters is 1. The van der Waals surface area contributed by atoms with Gasteiger partial charge in [0.25, 0.3) is 5.91 Å². The van der Waals surface area contributed by atoms with Crippen LogP contribution >= 0.6 is 11.3 Å². The van der Waals surface area contributed by atoms with E-state index in [0.29, 0.717) is 16.3 Å². The van der Waals surface area contributed by atoms with Crippen molar-refractivity contribution in [1.29, 1.82) is 0 Å². The molecule has 0 unspecified atom stereocenters. The minimum Gasteiger partial charge on any atom is -0.465 e. The number of carbonyl (C=O) groups is 3. The quantitative estimate of drug-likeness (QED) is 0.716. The average molecular weight is 377 g/mol. The Kier molecular flexibility index (Phi) is 6.81. The van der Waals surface area contributed by atoms with Gasteiger partial charge in [0.1, 0.15) is 18.1 Å². The molecule has 1 aromatic heterocycles. The molecule has 8 nitrogen and oxygen atoms in total. The maximum Gasteiger partial charge on any atom is 0.350 e. The van der Waals surface area contributed by atoms with Crippen LogP contribution in [0.25, 0.3) is 0 Å². The van der Waals surface area contributed by atoms with Crippen LogP contribution in [0.2, 0.25) is 0 Å². The van der Waals surface area contributed by atoms with E-state index in [2.05, 4.69) is 20.4 Å². The molecule has 0 aliphatic carbocycles. The van der Waals surface area contributed by atoms with Gasteiger partial charge in [0.2, 0.25) is 5.91 Å². The van der Waals surface area contributed by atoms with Gasteiger partial charge in [-0.15, -0.1) is 0 Å². The van der Waals surface area contributed by atoms with Crippen LogP contribution in [-0.2, 0) is 19.1 Å². The van der Waals surface area contributed by atoms with Gasteiger partial charge in [-0.3, -0.25) is 14.9 Å². The van der Waals surface area contributed by atoms with Crippen molar-refractivity contribution >= 4 is 39.9 Å². The molecule has 0 radical (unpaired) electrons. The maximum atomic E-state index is 11.8. The lowest BCUT2D eigenvalue weighted by Gasteiger charge is -2.07. The molecule has 0 saturated heterocycles. The zero-order valence-corrected chi connectivity index (χ0v) is 15.4. The smallest absolute Gasteiger partial charge is 0.350 e. The molecule has 1 aromatic carbocycles. The highest BCUT2D eigenvalue weighted by molar-refractivity contribution is 7.17. The number of methoxy groups -OCH3 is 1. The van der Waals surface area contributed by atoms with E-state index in [-0.39, 0.29) is 24.3 Å². The van der Waals surface area contributed by atoms with Crippen molar-refractivity contribution in [3.63, 3.8) is 0 Å². The molecule has 138 valence electrons. The number of anilines is 2. The van der Waals surface area contributed by atoms with Crippen LogP contribution in [0.4, 0.5) is 10.8 Å². The second kappa shape index (κ2) is 9.07. The normalized spacial score (nSPS) is 10.3. The number of amides is 2. The summed E-state index contributed by atoms with van der Waals surface area (Å²) in [5.41, 5.74) is 2.15. The number of aryl methyl sites for hydroxylation is 2. The molecule has 2 aromatic rings. The Morgan fingerprint density at radius 1 is 1.12 bits per heavy atom. The van der Waals surface area contributed by atoms with Crippen molar-refractivity contribution in [2.45, 2.75) is 13.8 Å². The van der Waals surface area contributed by atoms with Crippen LogP contribution in [0.1, 0.15) is 20.9 Å². The number of carbonyl (C=O) groups excluding carboxylic acids is 3. The van der Waals surface area contributed by atoms with Gasteiger partial charge >= 0.3 is 5.97 Å². The minimum absolute atomic E-state index is 0.258. The summed E-state index contributed by atoms with van der Waals surface area (Å²) >= 11 is 1.01. The Hall–Kier alpha value is -2.78. The van der Waals surface area contributed by atoms with Crippen molar-refractivity contribution < 1.29 is 23.9 Å². The van der Waals surface area contributed by atoms with E-state index in [0.717, 1.165) is 16.9 Å². The zero-order chi connectivity index (χ0) is 19.1. The lowest BCUT2D eigenvalue weighted by Crippen LogP contribution is -2.23. The number of rotatable bonds is 7. The van der Waals surface area contributed by atoms with Gasteiger partial charge in [0.05, 0.1) is 12.8 Å². The number of benzene rings is 1. The van der Waals surface area contributed by atoms with Gasteiger partial charge in [0.15, 0.2) is 5.13 Å². The topological polar surface area (TPSA) is 107 Å². The molecule has 0 saturated carbocycles. The van der Waals surface area contributed by atoms with E-state index < -0.39 is 11.9 Å². The van der Waals surface area contributed by atoms with E-state index in [1.807, 2.05) is 25.1 Å². The average Bonchev–Trinajstić information content (AvgIpc) is 2.94. The molecule has 2 N–H and O–H groups in total. The van der Waals surface area contributed by atoms with Crippen LogP contribution in [0.5, 0.6) is 0 Å². The number of hydrogen-bond acceptors (Lipinski definition) is 7. The summed E-state index contributed by atoms with van der Waals surface area (Å²) in [6.07, 6.45) is 0. The molecular weight excluding hydrogens is 358 g/mol. The van der Waals surface area contributed by atoms with Gasteiger partial charge in [-0.05, 0) is 31.5 Å². The van der Waals surface area contributed by atoms with Gasteiger partial charge < -0.3 is 14.8 Å². The molecule has 1 heterocycles. The van der Waals surface area contributed by atoms with Crippen LogP contribution in [0, 0.1) is 13.8 Å². The summed E-state index contributed by atoms with van der Waals surface area (Å²) in [6.45, 7) is 2.99. The number of aromatic nitrogens is 1. The Balaban J connectivity index is 1.77. The molecule has 0 aliphatic rings. The van der Waals surface area contributed by atoms with Crippen LogP contribution < -0.4 is 10.6 Å². The molecule has 2 amide bonds. The summed E-state index contributed by atoms with van der Waals surface area (Å²) < 4.78 is 9.73. The number of nitrogens with one attached hydrogen (secondary N) is 2. The Bertz CT molecular complexity index is 818. The fourth-order valence-electron chi connectivity index (χ4n) is 2.04. The van der Waals surface area contributed by atoms with E-state index >= 15 is 0 Å². The van der Waals surface area contributed by atoms with Crippen LogP contribution in [-0.4, -0.2) is 43.1 Å². The number of thiazole rings is 1. The Labute approximate surface area is 154 Å². The number of nitrogens with zero attached hydrogens (tertiary/aromatic N) is 1. The fourth-order valence-corrected chi connectivity index (χ4v) is 2.94. The number of hydrogen-bond donors (Lipinski definition) is 2. The first-order valence-electron chi connectivity index (χ1n) is 7.69. The first-order valence-corrected chi connectivity index (χ1v) is 8.50. The molecule has 0 spiro atoms. The fraction of sp³-hybridized carbons (Fsp3) is 0.294. The number of ether oxygens (including phenoxy) is 2. The van der Waals surface area contributed by atoms with E-state index in [9.17, 15) is 14.4 Å². The second-order valence-corrected chi connectivity index (χ2v) is 6.38. The van der Waals surface area contributed by atoms with Gasteiger partial charge in [-0.2, -0.15) is 0 Å². The summed E-state index contributed by atoms with van der Waals surface area (Å²) in [4.78, 5) is 39.5. The lowest BCUT2D eigenvalue weighted by molar-refractivity contribution is -0.125. The first kappa shape index (κ1) is 19.5. The molecule has 0 fully saturated rings. The van der Waals surface area contributed by atoms with Crippen LogP contribution in [0.3, 0.4) is 0 Å². The highest BCUT2D eigenvalue weighted by atomic mass is 32.1. The molecular formula is C17H19N3O5S. The maximum absolute atomic E-state index is 11.8. The van der Waals surface area contributed by atoms with Gasteiger partial charge in [-0.25, -0.2) is 9.78 Å². The first-order chi connectivity index (χ1) is 12.4. The highest BCUT2D eigenvalue weighted by Gasteiger charge is 2.17. The third kappa shape index (κ3) is 5.64. The SMILES string of the molecule is COC(=O)c1sc(NC(=O)COCC(=O)Nc2cccc(C)c2)nc1C. The second-order valence-electron chi connectivity index (χ2n) is 5.38. The summed E-state index contributed by atoms with van der Waals surface area (Å²) in [6, 6.07) is 7.34. The zero-order valence-electron chi connectivity index (χ0n) is 14.6. The van der Waals surface area contributed by atoms with E-state index in [1.54, 1.807) is 13.0 Å². The monoisotopic (exact) mass is 377 g/mol. The summed E-state index contributed by atoms with van der Waals surface area (Å²) in [5, 5.41) is 5.46. The highest BCUT2D eigenvalue weighted by Crippen LogP contribution is 2.23. The standard InChI is InChI=1S/C17H19N3O5S/c1-10-5-4-6-12(7-10)19-13(21)8-25-9-14(22)20-17-18-11(2)15(26-17)16(23)24-3/h4-7H,8-9H2,1-3H3,(H,19,21)(H,18,20,22). The van der Waals surface area contributed by atoms with Gasteiger partial charge in [0, 0.05) is 5.69 Å². The van der Waals surface area contributed by atoms with Crippen molar-refractivity contribution in [2.75, 3.05) is 31.0 Å². The molecule has 0 bridgehead atoms. The molecule has 0 aliphatic heterocycles. The molecule has 26 heavy (non-hydrogen) atoms. The molecule has 0 atom stereocenters. The molecule has 9 heteroatoms. The van der Waals surface area contributed by atoms with Crippen LogP contribution in [0.15, 0.2) is 24.3 Å². The summed E-state index contributed by atoms with van der Waals surface area (Å²) in [5.74, 6) is -1.34. The lowest BCUT2D eigenvalue weighted by atomic mass is 10.2. The van der Waals surface area contributed by atoms with E-state index in [1.165, 1.54) is 7.11 Å².